The third-order valence-electron chi connectivity index (χ3n) is 5.05. The van der Waals surface area contributed by atoms with E-state index >= 15 is 0 Å². The van der Waals surface area contributed by atoms with Gasteiger partial charge in [0.15, 0.2) is 11.5 Å². The predicted molar refractivity (Wildman–Crippen MR) is 113 cm³/mol. The normalized spacial score (nSPS) is 16.2. The molecule has 0 spiro atoms. The Bertz CT molecular complexity index is 995. The number of aryl methyl sites for hydroxylation is 3. The van der Waals surface area contributed by atoms with Gasteiger partial charge in [-0.15, -0.1) is 0 Å². The molecule has 8 nitrogen and oxygen atoms in total. The number of ether oxygens (including phenoxy) is 2. The SMILES string of the molecule is COc1ccc(N2C(=O)NCC(C(=O)Nc3c(C)cc(C)cc3C)C2=O)cc1OC. The Morgan fingerprint density at radius 1 is 1.03 bits per heavy atom. The van der Waals surface area contributed by atoms with E-state index in [9.17, 15) is 14.4 Å². The molecule has 1 aliphatic rings. The molecule has 1 heterocycles. The molecular weight excluding hydrogens is 386 g/mol. The second kappa shape index (κ2) is 8.44. The molecule has 0 saturated carbocycles. The third kappa shape index (κ3) is 3.94. The highest BCUT2D eigenvalue weighted by molar-refractivity contribution is 6.23. The highest BCUT2D eigenvalue weighted by atomic mass is 16.5. The van der Waals surface area contributed by atoms with Crippen LogP contribution < -0.4 is 25.0 Å². The van der Waals surface area contributed by atoms with Crippen molar-refractivity contribution in [3.63, 3.8) is 0 Å². The molecule has 3 rings (SSSR count). The molecule has 158 valence electrons. The van der Waals surface area contributed by atoms with Gasteiger partial charge in [0.2, 0.25) is 11.8 Å². The second-order valence-corrected chi connectivity index (χ2v) is 7.21. The third-order valence-corrected chi connectivity index (χ3v) is 5.05. The number of nitrogens with one attached hydrogen (secondary N) is 2. The molecule has 1 unspecified atom stereocenters. The first kappa shape index (κ1) is 21.2. The molecule has 2 aromatic carbocycles. The molecule has 1 saturated heterocycles. The summed E-state index contributed by atoms with van der Waals surface area (Å²) in [7, 11) is 2.95. The summed E-state index contributed by atoms with van der Waals surface area (Å²) in [5.74, 6) is -1.30. The van der Waals surface area contributed by atoms with Crippen molar-refractivity contribution in [1.29, 1.82) is 0 Å². The van der Waals surface area contributed by atoms with Crippen molar-refractivity contribution >= 4 is 29.2 Å². The van der Waals surface area contributed by atoms with Gasteiger partial charge in [-0.3, -0.25) is 9.59 Å². The zero-order valence-corrected chi connectivity index (χ0v) is 17.7. The van der Waals surface area contributed by atoms with E-state index in [-0.39, 0.29) is 12.2 Å². The number of urea groups is 1. The second-order valence-electron chi connectivity index (χ2n) is 7.21. The lowest BCUT2D eigenvalue weighted by Crippen LogP contribution is -2.58. The number of carbonyl (C=O) groups is 3. The van der Waals surface area contributed by atoms with Crippen molar-refractivity contribution in [1.82, 2.24) is 5.32 Å². The summed E-state index contributed by atoms with van der Waals surface area (Å²) in [5.41, 5.74) is 3.86. The Kier molecular flexibility index (Phi) is 5.96. The number of rotatable bonds is 5. The number of anilines is 2. The van der Waals surface area contributed by atoms with Crippen LogP contribution in [0.15, 0.2) is 30.3 Å². The number of nitrogens with zero attached hydrogens (tertiary/aromatic N) is 1. The number of hydrogen-bond acceptors (Lipinski definition) is 5. The first-order chi connectivity index (χ1) is 14.3. The maximum Gasteiger partial charge on any atom is 0.328 e. The summed E-state index contributed by atoms with van der Waals surface area (Å²) >= 11 is 0. The van der Waals surface area contributed by atoms with E-state index in [2.05, 4.69) is 10.6 Å². The number of amides is 4. The minimum Gasteiger partial charge on any atom is -0.493 e. The van der Waals surface area contributed by atoms with Gasteiger partial charge in [-0.2, -0.15) is 0 Å². The quantitative estimate of drug-likeness (QED) is 0.738. The Labute approximate surface area is 175 Å². The maximum atomic E-state index is 13.1. The van der Waals surface area contributed by atoms with Crippen molar-refractivity contribution in [3.05, 3.63) is 47.0 Å². The van der Waals surface area contributed by atoms with Gasteiger partial charge >= 0.3 is 6.03 Å². The molecule has 1 atom stereocenters. The van der Waals surface area contributed by atoms with Crippen LogP contribution in [0.4, 0.5) is 16.2 Å². The fourth-order valence-electron chi connectivity index (χ4n) is 3.61. The minimum absolute atomic E-state index is 0.0722. The number of hydrogen-bond donors (Lipinski definition) is 2. The van der Waals surface area contributed by atoms with E-state index in [0.29, 0.717) is 17.2 Å². The minimum atomic E-state index is -1.06. The van der Waals surface area contributed by atoms with Gasteiger partial charge in [0.05, 0.1) is 19.9 Å². The predicted octanol–water partition coefficient (Wildman–Crippen LogP) is 2.94. The summed E-state index contributed by atoms with van der Waals surface area (Å²) in [6.07, 6.45) is 0. The molecular formula is C22H25N3O5. The fourth-order valence-corrected chi connectivity index (χ4v) is 3.61. The van der Waals surface area contributed by atoms with Gasteiger partial charge in [0.25, 0.3) is 0 Å². The monoisotopic (exact) mass is 411 g/mol. The molecule has 0 radical (unpaired) electrons. The summed E-state index contributed by atoms with van der Waals surface area (Å²) in [4.78, 5) is 39.4. The van der Waals surface area contributed by atoms with Crippen LogP contribution in [-0.2, 0) is 9.59 Å². The van der Waals surface area contributed by atoms with Crippen LogP contribution in [0.25, 0.3) is 0 Å². The van der Waals surface area contributed by atoms with Gasteiger partial charge in [-0.1, -0.05) is 17.7 Å². The van der Waals surface area contributed by atoms with E-state index in [1.807, 2.05) is 32.9 Å². The Hall–Kier alpha value is -3.55. The Balaban J connectivity index is 1.87. The zero-order valence-electron chi connectivity index (χ0n) is 17.7. The number of methoxy groups -OCH3 is 2. The van der Waals surface area contributed by atoms with Crippen LogP contribution >= 0.6 is 0 Å². The molecule has 0 aliphatic carbocycles. The molecule has 0 aromatic heterocycles. The summed E-state index contributed by atoms with van der Waals surface area (Å²) < 4.78 is 10.4. The van der Waals surface area contributed by atoms with Crippen molar-refractivity contribution in [2.75, 3.05) is 31.0 Å². The lowest BCUT2D eigenvalue weighted by molar-refractivity contribution is -0.130. The topological polar surface area (TPSA) is 97.0 Å². The van der Waals surface area contributed by atoms with E-state index in [1.165, 1.54) is 20.3 Å². The van der Waals surface area contributed by atoms with Crippen LogP contribution in [0, 0.1) is 26.7 Å². The molecule has 4 amide bonds. The molecule has 0 bridgehead atoms. The largest absolute Gasteiger partial charge is 0.493 e. The average Bonchev–Trinajstić information content (AvgIpc) is 2.70. The molecule has 30 heavy (non-hydrogen) atoms. The first-order valence-corrected chi connectivity index (χ1v) is 9.49. The lowest BCUT2D eigenvalue weighted by atomic mass is 10.0. The Morgan fingerprint density at radius 3 is 2.27 bits per heavy atom. The molecule has 1 fully saturated rings. The summed E-state index contributed by atoms with van der Waals surface area (Å²) in [6, 6.07) is 8.00. The molecule has 8 heteroatoms. The molecule has 1 aliphatic heterocycles. The molecule has 2 N–H and O–H groups in total. The van der Waals surface area contributed by atoms with Gasteiger partial charge in [0.1, 0.15) is 5.92 Å². The van der Waals surface area contributed by atoms with E-state index < -0.39 is 23.8 Å². The van der Waals surface area contributed by atoms with Gasteiger partial charge in [-0.05, 0) is 44.0 Å². The fraction of sp³-hybridized carbons (Fsp3) is 0.318. The van der Waals surface area contributed by atoms with E-state index in [4.69, 9.17) is 9.47 Å². The number of imide groups is 1. The summed E-state index contributed by atoms with van der Waals surface area (Å²) in [5, 5.41) is 5.47. The Morgan fingerprint density at radius 2 is 1.67 bits per heavy atom. The number of benzene rings is 2. The van der Waals surface area contributed by atoms with Crippen molar-refractivity contribution in [2.45, 2.75) is 20.8 Å². The zero-order chi connectivity index (χ0) is 22.0. The highest BCUT2D eigenvalue weighted by Gasteiger charge is 2.40. The van der Waals surface area contributed by atoms with Crippen molar-refractivity contribution < 1.29 is 23.9 Å². The van der Waals surface area contributed by atoms with E-state index in [1.54, 1.807) is 12.1 Å². The average molecular weight is 411 g/mol. The van der Waals surface area contributed by atoms with Gasteiger partial charge in [0, 0.05) is 18.3 Å². The molecule has 2 aromatic rings. The van der Waals surface area contributed by atoms with Crippen LogP contribution in [-0.4, -0.2) is 38.6 Å². The van der Waals surface area contributed by atoms with Gasteiger partial charge in [-0.25, -0.2) is 9.69 Å². The smallest absolute Gasteiger partial charge is 0.328 e. The van der Waals surface area contributed by atoms with Crippen LogP contribution in [0.1, 0.15) is 16.7 Å². The van der Waals surface area contributed by atoms with Crippen molar-refractivity contribution in [2.24, 2.45) is 5.92 Å². The van der Waals surface area contributed by atoms with Gasteiger partial charge < -0.3 is 20.1 Å². The van der Waals surface area contributed by atoms with Crippen LogP contribution in [0.2, 0.25) is 0 Å². The first-order valence-electron chi connectivity index (χ1n) is 9.49. The van der Waals surface area contributed by atoms with Crippen LogP contribution in [0.3, 0.4) is 0 Å². The van der Waals surface area contributed by atoms with Crippen LogP contribution in [0.5, 0.6) is 11.5 Å². The summed E-state index contributed by atoms with van der Waals surface area (Å²) in [6.45, 7) is 5.70. The maximum absolute atomic E-state index is 13.1. The lowest BCUT2D eigenvalue weighted by Gasteiger charge is -2.31. The standard InChI is InChI=1S/C22H25N3O5/c1-12-8-13(2)19(14(3)9-12)24-20(26)16-11-23-22(28)25(21(16)27)15-6-7-17(29-4)18(10-15)30-5/h6-10,16H,11H2,1-5H3,(H,23,28)(H,24,26). The highest BCUT2D eigenvalue weighted by Crippen LogP contribution is 2.33. The van der Waals surface area contributed by atoms with Crippen molar-refractivity contribution in [3.8, 4) is 11.5 Å². The number of carbonyl (C=O) groups excluding carboxylic acids is 3. The van der Waals surface area contributed by atoms with E-state index in [0.717, 1.165) is 21.6 Å².